The molecule has 1 aliphatic heterocycles. The summed E-state index contributed by atoms with van der Waals surface area (Å²) in [7, 11) is 1.54. The third kappa shape index (κ3) is 6.14. The minimum atomic E-state index is -1.14. The molecule has 1 aliphatic rings. The van der Waals surface area contributed by atoms with E-state index in [2.05, 4.69) is 20.4 Å². The summed E-state index contributed by atoms with van der Waals surface area (Å²) >= 11 is 0. The zero-order valence-electron chi connectivity index (χ0n) is 18.5. The summed E-state index contributed by atoms with van der Waals surface area (Å²) < 4.78 is 29.9. The van der Waals surface area contributed by atoms with Gasteiger partial charge in [0.1, 0.15) is 12.2 Å². The Morgan fingerprint density at radius 2 is 1.87 bits per heavy atom. The average Bonchev–Trinajstić information content (AvgIpc) is 3.04. The largest absolute Gasteiger partial charge is 0.447 e. The maximum atomic E-state index is 13.0. The molecule has 1 heterocycles. The maximum Gasteiger partial charge on any atom is 0.338 e. The van der Waals surface area contributed by atoms with Gasteiger partial charge in [0, 0.05) is 26.7 Å². The molecule has 6 heteroatoms. The summed E-state index contributed by atoms with van der Waals surface area (Å²) in [5, 5.41) is 0. The van der Waals surface area contributed by atoms with Gasteiger partial charge in [-0.3, -0.25) is 0 Å². The first kappa shape index (κ1) is 24.5. The lowest BCUT2D eigenvalue weighted by molar-refractivity contribution is -0.196. The van der Waals surface area contributed by atoms with Crippen molar-refractivity contribution in [1.82, 2.24) is 0 Å². The summed E-state index contributed by atoms with van der Waals surface area (Å²) in [5.41, 5.74) is -0.679. The Hall–Kier alpha value is -1.73. The maximum absolute atomic E-state index is 13.0. The number of benzene rings is 1. The lowest BCUT2D eigenvalue weighted by atomic mass is 9.90. The van der Waals surface area contributed by atoms with E-state index in [0.29, 0.717) is 31.8 Å². The average molecular weight is 421 g/mol. The second-order valence-electron chi connectivity index (χ2n) is 7.52. The van der Waals surface area contributed by atoms with Crippen molar-refractivity contribution in [3.8, 4) is 0 Å². The molecule has 6 nitrogen and oxygen atoms in total. The van der Waals surface area contributed by atoms with E-state index in [4.69, 9.17) is 23.7 Å². The van der Waals surface area contributed by atoms with Crippen molar-refractivity contribution >= 4 is 5.97 Å². The third-order valence-electron chi connectivity index (χ3n) is 5.21. The van der Waals surface area contributed by atoms with Crippen molar-refractivity contribution in [3.05, 3.63) is 48.6 Å². The Morgan fingerprint density at radius 1 is 1.17 bits per heavy atom. The van der Waals surface area contributed by atoms with Gasteiger partial charge in [-0.1, -0.05) is 51.0 Å². The monoisotopic (exact) mass is 420 g/mol. The van der Waals surface area contributed by atoms with Gasteiger partial charge in [0.2, 0.25) is 6.29 Å². The molecule has 0 bridgehead atoms. The van der Waals surface area contributed by atoms with Crippen LogP contribution in [0, 0.1) is 0 Å². The van der Waals surface area contributed by atoms with Crippen molar-refractivity contribution in [2.75, 3.05) is 26.9 Å². The Labute approximate surface area is 180 Å². The van der Waals surface area contributed by atoms with Crippen LogP contribution in [0.2, 0.25) is 0 Å². The van der Waals surface area contributed by atoms with Crippen LogP contribution < -0.4 is 0 Å². The normalized spacial score (nSPS) is 25.9. The molecule has 0 radical (unpaired) electrons. The fourth-order valence-electron chi connectivity index (χ4n) is 3.62. The molecule has 1 aromatic rings. The first-order valence-corrected chi connectivity index (χ1v) is 10.9. The lowest BCUT2D eigenvalue weighted by Crippen LogP contribution is -2.53. The standard InChI is InChI=1S/C24H36O6/c1-5-8-16-27-18-20-21(28-17-9-6-2)24(15-7-3,23(26-4)29-20)30-22(25)19-13-11-10-12-14-19/h7,10-14,20-21,23H,3,5-6,8-9,15-18H2,1-2,4H3/t20-,21-,23+,24-/m1/s1. The van der Waals surface area contributed by atoms with Crippen LogP contribution in [0.15, 0.2) is 43.0 Å². The number of hydrogen-bond acceptors (Lipinski definition) is 6. The first-order valence-electron chi connectivity index (χ1n) is 10.9. The van der Waals surface area contributed by atoms with E-state index < -0.39 is 30.1 Å². The van der Waals surface area contributed by atoms with Crippen LogP contribution in [0.4, 0.5) is 0 Å². The summed E-state index contributed by atoms with van der Waals surface area (Å²) in [4.78, 5) is 13.0. The number of ether oxygens (including phenoxy) is 5. The van der Waals surface area contributed by atoms with E-state index in [1.54, 1.807) is 37.5 Å². The van der Waals surface area contributed by atoms with Crippen molar-refractivity contribution in [2.45, 2.75) is 70.1 Å². The molecule has 2 rings (SSSR count). The number of carbonyl (C=O) groups excluding carboxylic acids is 1. The summed E-state index contributed by atoms with van der Waals surface area (Å²) in [6, 6.07) is 8.90. The quantitative estimate of drug-likeness (QED) is 0.250. The number of esters is 1. The van der Waals surface area contributed by atoms with Gasteiger partial charge in [-0.2, -0.15) is 0 Å². The molecule has 0 amide bonds. The fraction of sp³-hybridized carbons (Fsp3) is 0.625. The highest BCUT2D eigenvalue weighted by Gasteiger charge is 2.60. The van der Waals surface area contributed by atoms with Gasteiger partial charge in [-0.25, -0.2) is 4.79 Å². The van der Waals surface area contributed by atoms with Crippen molar-refractivity contribution in [1.29, 1.82) is 0 Å². The Morgan fingerprint density at radius 3 is 2.50 bits per heavy atom. The SMILES string of the molecule is C=CC[C@]1(OC(=O)c2ccccc2)[C@@H](OC)O[C@H](COCCCC)[C@H]1OCCCC. The van der Waals surface area contributed by atoms with Gasteiger partial charge in [-0.05, 0) is 25.0 Å². The van der Waals surface area contributed by atoms with E-state index in [1.165, 1.54) is 0 Å². The number of rotatable bonds is 14. The van der Waals surface area contributed by atoms with Gasteiger partial charge >= 0.3 is 5.97 Å². The van der Waals surface area contributed by atoms with Gasteiger partial charge in [-0.15, -0.1) is 6.58 Å². The highest BCUT2D eigenvalue weighted by Crippen LogP contribution is 2.41. The second kappa shape index (κ2) is 12.8. The fourth-order valence-corrected chi connectivity index (χ4v) is 3.62. The van der Waals surface area contributed by atoms with Crippen LogP contribution in [0.5, 0.6) is 0 Å². The third-order valence-corrected chi connectivity index (χ3v) is 5.21. The molecule has 0 saturated carbocycles. The van der Waals surface area contributed by atoms with Crippen LogP contribution in [-0.4, -0.2) is 57.0 Å². The predicted molar refractivity (Wildman–Crippen MR) is 115 cm³/mol. The van der Waals surface area contributed by atoms with Crippen molar-refractivity contribution < 1.29 is 28.5 Å². The van der Waals surface area contributed by atoms with E-state index >= 15 is 0 Å². The zero-order chi connectivity index (χ0) is 21.8. The Balaban J connectivity index is 2.29. The number of hydrogen-bond donors (Lipinski definition) is 0. The molecule has 168 valence electrons. The highest BCUT2D eigenvalue weighted by atomic mass is 16.7. The topological polar surface area (TPSA) is 63.2 Å². The van der Waals surface area contributed by atoms with Crippen LogP contribution in [0.3, 0.4) is 0 Å². The molecule has 30 heavy (non-hydrogen) atoms. The van der Waals surface area contributed by atoms with E-state index in [9.17, 15) is 4.79 Å². The van der Waals surface area contributed by atoms with E-state index in [-0.39, 0.29) is 0 Å². The summed E-state index contributed by atoms with van der Waals surface area (Å²) in [5.74, 6) is -0.445. The number of carbonyl (C=O) groups is 1. The van der Waals surface area contributed by atoms with Crippen molar-refractivity contribution in [3.63, 3.8) is 0 Å². The Kier molecular flexibility index (Phi) is 10.5. The molecular formula is C24H36O6. The molecule has 0 N–H and O–H groups in total. The van der Waals surface area contributed by atoms with E-state index in [1.807, 2.05) is 6.07 Å². The number of unbranched alkanes of at least 4 members (excludes halogenated alkanes) is 2. The molecule has 0 unspecified atom stereocenters. The van der Waals surface area contributed by atoms with Crippen LogP contribution in [-0.2, 0) is 23.7 Å². The van der Waals surface area contributed by atoms with Crippen LogP contribution in [0.1, 0.15) is 56.3 Å². The molecule has 1 saturated heterocycles. The lowest BCUT2D eigenvalue weighted by Gasteiger charge is -2.36. The highest BCUT2D eigenvalue weighted by molar-refractivity contribution is 5.89. The van der Waals surface area contributed by atoms with Crippen LogP contribution >= 0.6 is 0 Å². The molecule has 0 spiro atoms. The Bertz CT molecular complexity index is 634. The summed E-state index contributed by atoms with van der Waals surface area (Å²) in [6.45, 7) is 9.62. The van der Waals surface area contributed by atoms with Gasteiger partial charge < -0.3 is 23.7 Å². The van der Waals surface area contributed by atoms with E-state index in [0.717, 1.165) is 25.7 Å². The smallest absolute Gasteiger partial charge is 0.338 e. The first-order chi connectivity index (χ1) is 14.6. The second-order valence-corrected chi connectivity index (χ2v) is 7.52. The predicted octanol–water partition coefficient (Wildman–Crippen LogP) is 4.53. The van der Waals surface area contributed by atoms with Gasteiger partial charge in [0.05, 0.1) is 12.2 Å². The van der Waals surface area contributed by atoms with Crippen LogP contribution in [0.25, 0.3) is 0 Å². The molecule has 0 aliphatic carbocycles. The molecule has 4 atom stereocenters. The molecule has 1 fully saturated rings. The summed E-state index contributed by atoms with van der Waals surface area (Å²) in [6.07, 6.45) is 4.26. The molecule has 1 aromatic carbocycles. The minimum absolute atomic E-state index is 0.340. The minimum Gasteiger partial charge on any atom is -0.447 e. The molecular weight excluding hydrogens is 384 g/mol. The van der Waals surface area contributed by atoms with Crippen molar-refractivity contribution in [2.24, 2.45) is 0 Å². The van der Waals surface area contributed by atoms with Gasteiger partial charge in [0.25, 0.3) is 0 Å². The number of methoxy groups -OCH3 is 1. The van der Waals surface area contributed by atoms with Gasteiger partial charge in [0.15, 0.2) is 5.60 Å². The molecule has 0 aromatic heterocycles. The zero-order valence-corrected chi connectivity index (χ0v) is 18.5.